The molecule has 4 nitrogen and oxygen atoms in total. The van der Waals surface area contributed by atoms with E-state index in [9.17, 15) is 0 Å². The third kappa shape index (κ3) is 3.43. The standard InChI is InChI=1S/C11H21N3OS/c1-5-14(9(2)7-15-4)11-13-10(6-12-3)8-16-11/h8-9,12H,5-7H2,1-4H3. The number of hydrogen-bond acceptors (Lipinski definition) is 5. The maximum absolute atomic E-state index is 5.19. The third-order valence-electron chi connectivity index (χ3n) is 2.42. The van der Waals surface area contributed by atoms with Crippen LogP contribution in [0.5, 0.6) is 0 Å². The van der Waals surface area contributed by atoms with Crippen molar-refractivity contribution in [3.8, 4) is 0 Å². The summed E-state index contributed by atoms with van der Waals surface area (Å²) in [5.74, 6) is 0. The zero-order chi connectivity index (χ0) is 12.0. The monoisotopic (exact) mass is 243 g/mol. The van der Waals surface area contributed by atoms with Crippen LogP contribution in [0.15, 0.2) is 5.38 Å². The molecule has 0 saturated heterocycles. The summed E-state index contributed by atoms with van der Waals surface area (Å²) in [5, 5.41) is 6.30. The summed E-state index contributed by atoms with van der Waals surface area (Å²) in [4.78, 5) is 6.87. The lowest BCUT2D eigenvalue weighted by molar-refractivity contribution is 0.182. The minimum Gasteiger partial charge on any atom is -0.383 e. The van der Waals surface area contributed by atoms with E-state index in [1.807, 2.05) is 7.05 Å². The fourth-order valence-corrected chi connectivity index (χ4v) is 2.65. The number of ether oxygens (including phenoxy) is 1. The molecule has 0 bridgehead atoms. The van der Waals surface area contributed by atoms with Gasteiger partial charge >= 0.3 is 0 Å². The smallest absolute Gasteiger partial charge is 0.185 e. The Bertz CT molecular complexity index is 303. The second kappa shape index (κ2) is 6.83. The number of likely N-dealkylation sites (N-methyl/N-ethyl adjacent to an activating group) is 1. The lowest BCUT2D eigenvalue weighted by atomic mass is 10.3. The van der Waals surface area contributed by atoms with Gasteiger partial charge in [0, 0.05) is 25.6 Å². The Morgan fingerprint density at radius 2 is 2.38 bits per heavy atom. The van der Waals surface area contributed by atoms with Crippen LogP contribution in [0.4, 0.5) is 5.13 Å². The van der Waals surface area contributed by atoms with Crippen LogP contribution in [0.25, 0.3) is 0 Å². The number of thiazole rings is 1. The molecule has 0 amide bonds. The van der Waals surface area contributed by atoms with Gasteiger partial charge in [0.2, 0.25) is 0 Å². The first-order valence-corrected chi connectivity index (χ1v) is 6.45. The van der Waals surface area contributed by atoms with E-state index in [2.05, 4.69) is 34.4 Å². The van der Waals surface area contributed by atoms with Crippen LogP contribution in [-0.2, 0) is 11.3 Å². The molecule has 5 heteroatoms. The Hall–Kier alpha value is -0.650. The van der Waals surface area contributed by atoms with E-state index in [-0.39, 0.29) is 0 Å². The second-order valence-electron chi connectivity index (χ2n) is 3.74. The molecule has 1 aromatic rings. The van der Waals surface area contributed by atoms with Crippen molar-refractivity contribution in [1.29, 1.82) is 0 Å². The van der Waals surface area contributed by atoms with Gasteiger partial charge in [-0.3, -0.25) is 0 Å². The summed E-state index contributed by atoms with van der Waals surface area (Å²) in [7, 11) is 3.67. The molecule has 1 rings (SSSR count). The predicted molar refractivity (Wildman–Crippen MR) is 69.2 cm³/mol. The SMILES string of the molecule is CCN(c1nc(CNC)cs1)C(C)COC. The van der Waals surface area contributed by atoms with Crippen LogP contribution in [-0.4, -0.2) is 38.3 Å². The average Bonchev–Trinajstić information content (AvgIpc) is 2.68. The first-order chi connectivity index (χ1) is 7.72. The normalized spacial score (nSPS) is 12.8. The highest BCUT2D eigenvalue weighted by Crippen LogP contribution is 2.22. The van der Waals surface area contributed by atoms with Crippen LogP contribution in [0.1, 0.15) is 19.5 Å². The van der Waals surface area contributed by atoms with Gasteiger partial charge in [0.05, 0.1) is 18.3 Å². The predicted octanol–water partition coefficient (Wildman–Crippen LogP) is 1.72. The Kier molecular flexibility index (Phi) is 5.73. The fraction of sp³-hybridized carbons (Fsp3) is 0.727. The topological polar surface area (TPSA) is 37.4 Å². The minimum atomic E-state index is 0.364. The van der Waals surface area contributed by atoms with Gasteiger partial charge in [0.1, 0.15) is 0 Å². The van der Waals surface area contributed by atoms with Gasteiger partial charge in [-0.15, -0.1) is 11.3 Å². The maximum atomic E-state index is 5.19. The van der Waals surface area contributed by atoms with Gasteiger partial charge in [0.25, 0.3) is 0 Å². The molecule has 16 heavy (non-hydrogen) atoms. The van der Waals surface area contributed by atoms with Crippen LogP contribution < -0.4 is 10.2 Å². The van der Waals surface area contributed by atoms with Crippen molar-refractivity contribution in [2.45, 2.75) is 26.4 Å². The van der Waals surface area contributed by atoms with Gasteiger partial charge in [-0.05, 0) is 20.9 Å². The summed E-state index contributed by atoms with van der Waals surface area (Å²) >= 11 is 1.70. The molecule has 1 heterocycles. The number of methoxy groups -OCH3 is 1. The summed E-state index contributed by atoms with van der Waals surface area (Å²) in [5.41, 5.74) is 1.10. The van der Waals surface area contributed by atoms with E-state index in [1.54, 1.807) is 18.4 Å². The number of nitrogens with zero attached hydrogens (tertiary/aromatic N) is 2. The molecule has 0 aliphatic carbocycles. The Labute approximate surface area is 102 Å². The molecule has 0 fully saturated rings. The lowest BCUT2D eigenvalue weighted by Crippen LogP contribution is -2.36. The lowest BCUT2D eigenvalue weighted by Gasteiger charge is -2.26. The van der Waals surface area contributed by atoms with Gasteiger partial charge in [-0.2, -0.15) is 0 Å². The molecule has 0 aliphatic rings. The molecular formula is C11H21N3OS. The Morgan fingerprint density at radius 3 is 2.94 bits per heavy atom. The summed E-state index contributed by atoms with van der Waals surface area (Å²) < 4.78 is 5.19. The van der Waals surface area contributed by atoms with E-state index in [0.717, 1.165) is 30.5 Å². The van der Waals surface area contributed by atoms with Crippen LogP contribution in [0, 0.1) is 0 Å². The molecule has 0 aliphatic heterocycles. The molecular weight excluding hydrogens is 222 g/mol. The molecule has 0 spiro atoms. The third-order valence-corrected chi connectivity index (χ3v) is 3.35. The number of anilines is 1. The van der Waals surface area contributed by atoms with E-state index in [0.29, 0.717) is 6.04 Å². The zero-order valence-corrected chi connectivity index (χ0v) is 11.3. The van der Waals surface area contributed by atoms with Gasteiger partial charge in [0.15, 0.2) is 5.13 Å². The highest BCUT2D eigenvalue weighted by Gasteiger charge is 2.15. The van der Waals surface area contributed by atoms with Crippen molar-refractivity contribution in [2.75, 3.05) is 32.2 Å². The maximum Gasteiger partial charge on any atom is 0.185 e. The summed E-state index contributed by atoms with van der Waals surface area (Å²) in [6.07, 6.45) is 0. The number of aromatic nitrogens is 1. The zero-order valence-electron chi connectivity index (χ0n) is 10.5. The van der Waals surface area contributed by atoms with Crippen molar-refractivity contribution in [3.05, 3.63) is 11.1 Å². The second-order valence-corrected chi connectivity index (χ2v) is 4.58. The van der Waals surface area contributed by atoms with E-state index >= 15 is 0 Å². The largest absolute Gasteiger partial charge is 0.383 e. The highest BCUT2D eigenvalue weighted by atomic mass is 32.1. The molecule has 0 radical (unpaired) electrons. The molecule has 1 N–H and O–H groups in total. The van der Waals surface area contributed by atoms with Crippen LogP contribution in [0.2, 0.25) is 0 Å². The highest BCUT2D eigenvalue weighted by molar-refractivity contribution is 7.13. The van der Waals surface area contributed by atoms with Gasteiger partial charge < -0.3 is 15.0 Å². The Morgan fingerprint density at radius 1 is 1.62 bits per heavy atom. The number of nitrogens with one attached hydrogen (secondary N) is 1. The molecule has 1 atom stereocenters. The quantitative estimate of drug-likeness (QED) is 0.791. The molecule has 0 saturated carbocycles. The molecule has 0 aromatic carbocycles. The summed E-state index contributed by atoms with van der Waals surface area (Å²) in [6.45, 7) is 6.82. The first kappa shape index (κ1) is 13.4. The summed E-state index contributed by atoms with van der Waals surface area (Å²) in [6, 6.07) is 0.364. The van der Waals surface area contributed by atoms with Crippen molar-refractivity contribution in [3.63, 3.8) is 0 Å². The minimum absolute atomic E-state index is 0.364. The fourth-order valence-electron chi connectivity index (χ4n) is 1.66. The van der Waals surface area contributed by atoms with Crippen LogP contribution in [0.3, 0.4) is 0 Å². The van der Waals surface area contributed by atoms with Crippen LogP contribution >= 0.6 is 11.3 Å². The number of hydrogen-bond donors (Lipinski definition) is 1. The van der Waals surface area contributed by atoms with Crippen molar-refractivity contribution < 1.29 is 4.74 Å². The van der Waals surface area contributed by atoms with E-state index < -0.39 is 0 Å². The average molecular weight is 243 g/mol. The van der Waals surface area contributed by atoms with E-state index in [1.165, 1.54) is 0 Å². The first-order valence-electron chi connectivity index (χ1n) is 5.57. The molecule has 1 unspecified atom stereocenters. The van der Waals surface area contributed by atoms with Crippen molar-refractivity contribution in [1.82, 2.24) is 10.3 Å². The van der Waals surface area contributed by atoms with Gasteiger partial charge in [-0.1, -0.05) is 0 Å². The molecule has 92 valence electrons. The van der Waals surface area contributed by atoms with Crippen molar-refractivity contribution in [2.24, 2.45) is 0 Å². The Balaban J connectivity index is 2.70. The van der Waals surface area contributed by atoms with E-state index in [4.69, 9.17) is 4.74 Å². The van der Waals surface area contributed by atoms with Gasteiger partial charge in [-0.25, -0.2) is 4.98 Å². The van der Waals surface area contributed by atoms with Crippen molar-refractivity contribution >= 4 is 16.5 Å². The molecule has 1 aromatic heterocycles. The number of rotatable bonds is 7.